The minimum atomic E-state index is 0.364. The third-order valence-corrected chi connectivity index (χ3v) is 3.90. The van der Waals surface area contributed by atoms with E-state index in [2.05, 4.69) is 17.2 Å². The van der Waals surface area contributed by atoms with Crippen molar-refractivity contribution in [2.75, 3.05) is 6.54 Å². The summed E-state index contributed by atoms with van der Waals surface area (Å²) in [4.78, 5) is 4.53. The summed E-state index contributed by atoms with van der Waals surface area (Å²) in [6.45, 7) is 3.18. The predicted molar refractivity (Wildman–Crippen MR) is 73.5 cm³/mol. The number of piperidine rings is 1. The number of aromatic nitrogens is 1. The number of halogens is 2. The maximum absolute atomic E-state index is 6.11. The third-order valence-electron chi connectivity index (χ3n) is 3.40. The van der Waals surface area contributed by atoms with Gasteiger partial charge in [0, 0.05) is 17.0 Å². The zero-order valence-electron chi connectivity index (χ0n) is 10.0. The monoisotopic (exact) mass is 284 g/mol. The van der Waals surface area contributed by atoms with E-state index in [1.807, 2.05) is 0 Å². The van der Waals surface area contributed by atoms with Crippen LogP contribution in [-0.4, -0.2) is 17.6 Å². The van der Waals surface area contributed by atoms with Gasteiger partial charge in [-0.2, -0.15) is 0 Å². The predicted octanol–water partition coefficient (Wildman–Crippen LogP) is 3.99. The molecule has 2 atom stereocenters. The SMILES string of the molecule is CC1CC(c2nc3cc(Cl)cc(Cl)c3o2)CCN1. The van der Waals surface area contributed by atoms with E-state index in [4.69, 9.17) is 27.6 Å². The van der Waals surface area contributed by atoms with E-state index in [9.17, 15) is 0 Å². The van der Waals surface area contributed by atoms with Crippen LogP contribution in [0.5, 0.6) is 0 Å². The molecule has 0 saturated carbocycles. The van der Waals surface area contributed by atoms with Gasteiger partial charge >= 0.3 is 0 Å². The number of fused-ring (bicyclic) bond motifs is 1. The van der Waals surface area contributed by atoms with Crippen LogP contribution >= 0.6 is 23.2 Å². The van der Waals surface area contributed by atoms with Crippen LogP contribution in [0.4, 0.5) is 0 Å². The van der Waals surface area contributed by atoms with Crippen molar-refractivity contribution in [1.82, 2.24) is 10.3 Å². The molecule has 0 spiro atoms. The van der Waals surface area contributed by atoms with E-state index in [1.165, 1.54) is 0 Å². The summed E-state index contributed by atoms with van der Waals surface area (Å²) in [6, 6.07) is 3.98. The highest BCUT2D eigenvalue weighted by Crippen LogP contribution is 2.33. The van der Waals surface area contributed by atoms with Gasteiger partial charge < -0.3 is 9.73 Å². The molecule has 1 aliphatic heterocycles. The number of oxazole rings is 1. The molecule has 1 aliphatic rings. The van der Waals surface area contributed by atoms with E-state index in [1.54, 1.807) is 12.1 Å². The molecule has 1 N–H and O–H groups in total. The van der Waals surface area contributed by atoms with Crippen molar-refractivity contribution in [2.24, 2.45) is 0 Å². The van der Waals surface area contributed by atoms with Crippen molar-refractivity contribution in [3.8, 4) is 0 Å². The molecule has 5 heteroatoms. The van der Waals surface area contributed by atoms with Gasteiger partial charge in [-0.15, -0.1) is 0 Å². The maximum Gasteiger partial charge on any atom is 0.198 e. The zero-order valence-corrected chi connectivity index (χ0v) is 11.6. The van der Waals surface area contributed by atoms with Crippen molar-refractivity contribution in [3.05, 3.63) is 28.1 Å². The molecule has 2 heterocycles. The van der Waals surface area contributed by atoms with Gasteiger partial charge in [-0.25, -0.2) is 4.98 Å². The van der Waals surface area contributed by atoms with E-state index in [0.717, 1.165) is 30.8 Å². The van der Waals surface area contributed by atoms with Crippen molar-refractivity contribution in [1.29, 1.82) is 0 Å². The number of hydrogen-bond donors (Lipinski definition) is 1. The van der Waals surface area contributed by atoms with E-state index >= 15 is 0 Å². The zero-order chi connectivity index (χ0) is 12.7. The van der Waals surface area contributed by atoms with Gasteiger partial charge in [0.2, 0.25) is 0 Å². The molecule has 1 fully saturated rings. The molecule has 3 nitrogen and oxygen atoms in total. The van der Waals surface area contributed by atoms with Crippen molar-refractivity contribution < 1.29 is 4.42 Å². The van der Waals surface area contributed by atoms with Crippen molar-refractivity contribution >= 4 is 34.3 Å². The number of benzene rings is 1. The average molecular weight is 285 g/mol. The first-order valence-corrected chi connectivity index (χ1v) is 6.88. The lowest BCUT2D eigenvalue weighted by atomic mass is 9.93. The Morgan fingerprint density at radius 1 is 1.39 bits per heavy atom. The Bertz CT molecular complexity index is 582. The molecule has 0 amide bonds. The molecule has 3 rings (SSSR count). The van der Waals surface area contributed by atoms with Crippen LogP contribution in [-0.2, 0) is 0 Å². The van der Waals surface area contributed by atoms with Crippen LogP contribution < -0.4 is 5.32 Å². The minimum Gasteiger partial charge on any atom is -0.439 e. The molecule has 1 aromatic carbocycles. The smallest absolute Gasteiger partial charge is 0.198 e. The Labute approximate surface area is 115 Å². The topological polar surface area (TPSA) is 38.1 Å². The van der Waals surface area contributed by atoms with Crippen molar-refractivity contribution in [3.63, 3.8) is 0 Å². The fourth-order valence-corrected chi connectivity index (χ4v) is 3.03. The lowest BCUT2D eigenvalue weighted by Crippen LogP contribution is -2.34. The summed E-state index contributed by atoms with van der Waals surface area (Å²) < 4.78 is 5.81. The molecule has 2 unspecified atom stereocenters. The van der Waals surface area contributed by atoms with Gasteiger partial charge in [0.25, 0.3) is 0 Å². The summed E-state index contributed by atoms with van der Waals surface area (Å²) in [5, 5.41) is 4.53. The van der Waals surface area contributed by atoms with Gasteiger partial charge in [0.1, 0.15) is 5.52 Å². The highest BCUT2D eigenvalue weighted by molar-refractivity contribution is 6.37. The summed E-state index contributed by atoms with van der Waals surface area (Å²) in [5.41, 5.74) is 1.39. The summed E-state index contributed by atoms with van der Waals surface area (Å²) >= 11 is 12.1. The van der Waals surface area contributed by atoms with Crippen LogP contribution in [0.3, 0.4) is 0 Å². The third kappa shape index (κ3) is 2.22. The standard InChI is InChI=1S/C13H14Cl2N2O/c1-7-4-8(2-3-16-7)13-17-11-6-9(14)5-10(15)12(11)18-13/h5-8,16H,2-4H2,1H3. The molecule has 1 aromatic heterocycles. The number of rotatable bonds is 1. The quantitative estimate of drug-likeness (QED) is 0.861. The van der Waals surface area contributed by atoms with Crippen LogP contribution in [0.15, 0.2) is 16.5 Å². The van der Waals surface area contributed by atoms with Crippen LogP contribution in [0.25, 0.3) is 11.1 Å². The van der Waals surface area contributed by atoms with E-state index in [0.29, 0.717) is 27.6 Å². The molecule has 2 aromatic rings. The Hall–Kier alpha value is -0.770. The summed E-state index contributed by atoms with van der Waals surface area (Å²) in [6.07, 6.45) is 2.08. The second kappa shape index (κ2) is 4.72. The minimum absolute atomic E-state index is 0.364. The Morgan fingerprint density at radius 3 is 3.00 bits per heavy atom. The van der Waals surface area contributed by atoms with E-state index < -0.39 is 0 Å². The van der Waals surface area contributed by atoms with Crippen LogP contribution in [0, 0.1) is 0 Å². The van der Waals surface area contributed by atoms with Gasteiger partial charge in [0.05, 0.1) is 5.02 Å². The highest BCUT2D eigenvalue weighted by Gasteiger charge is 2.24. The normalized spacial score (nSPS) is 24.6. The Morgan fingerprint density at radius 2 is 2.22 bits per heavy atom. The number of nitrogens with one attached hydrogen (secondary N) is 1. The van der Waals surface area contributed by atoms with Crippen molar-refractivity contribution in [2.45, 2.75) is 31.7 Å². The first kappa shape index (κ1) is 12.3. The molecule has 1 saturated heterocycles. The second-order valence-electron chi connectivity index (χ2n) is 4.86. The average Bonchev–Trinajstić information content (AvgIpc) is 2.73. The van der Waals surface area contributed by atoms with Crippen LogP contribution in [0.2, 0.25) is 10.0 Å². The van der Waals surface area contributed by atoms with Gasteiger partial charge in [-0.1, -0.05) is 23.2 Å². The molecule has 96 valence electrons. The fraction of sp³-hybridized carbons (Fsp3) is 0.462. The molecule has 18 heavy (non-hydrogen) atoms. The van der Waals surface area contributed by atoms with Gasteiger partial charge in [-0.05, 0) is 38.4 Å². The maximum atomic E-state index is 6.11. The lowest BCUT2D eigenvalue weighted by molar-refractivity contribution is 0.336. The van der Waals surface area contributed by atoms with Crippen LogP contribution in [0.1, 0.15) is 31.6 Å². The number of nitrogens with zero attached hydrogens (tertiary/aromatic N) is 1. The van der Waals surface area contributed by atoms with Gasteiger partial charge in [0.15, 0.2) is 11.5 Å². The molecular formula is C13H14Cl2N2O. The van der Waals surface area contributed by atoms with Gasteiger partial charge in [-0.3, -0.25) is 0 Å². The van der Waals surface area contributed by atoms with E-state index in [-0.39, 0.29) is 0 Å². The molecule has 0 radical (unpaired) electrons. The second-order valence-corrected chi connectivity index (χ2v) is 5.71. The summed E-state index contributed by atoms with van der Waals surface area (Å²) in [5.74, 6) is 1.14. The first-order chi connectivity index (χ1) is 8.63. The lowest BCUT2D eigenvalue weighted by Gasteiger charge is -2.25. The molecular weight excluding hydrogens is 271 g/mol. The highest BCUT2D eigenvalue weighted by atomic mass is 35.5. The summed E-state index contributed by atoms with van der Waals surface area (Å²) in [7, 11) is 0. The Kier molecular flexibility index (Phi) is 3.22. The Balaban J connectivity index is 2.00. The first-order valence-electron chi connectivity index (χ1n) is 6.12. The largest absolute Gasteiger partial charge is 0.439 e. The molecule has 0 aliphatic carbocycles. The number of hydrogen-bond acceptors (Lipinski definition) is 3. The molecule has 0 bridgehead atoms. The fourth-order valence-electron chi connectivity index (χ4n) is 2.51.